The molecular formula is C10H14F2N2. The Morgan fingerprint density at radius 3 is 2.71 bits per heavy atom. The van der Waals surface area contributed by atoms with Crippen LogP contribution in [0, 0.1) is 11.6 Å². The summed E-state index contributed by atoms with van der Waals surface area (Å²) in [6, 6.07) is 3.58. The van der Waals surface area contributed by atoms with Gasteiger partial charge in [0.15, 0.2) is 0 Å². The molecule has 14 heavy (non-hydrogen) atoms. The molecule has 0 aliphatic carbocycles. The van der Waals surface area contributed by atoms with Crippen molar-refractivity contribution in [3.05, 3.63) is 35.4 Å². The second-order valence-electron chi connectivity index (χ2n) is 3.34. The van der Waals surface area contributed by atoms with Crippen LogP contribution in [0.15, 0.2) is 18.2 Å². The van der Waals surface area contributed by atoms with E-state index in [0.29, 0.717) is 18.7 Å². The van der Waals surface area contributed by atoms with E-state index in [2.05, 4.69) is 5.32 Å². The normalized spacial score (nSPS) is 12.9. The largest absolute Gasteiger partial charge is 0.327 e. The first-order chi connectivity index (χ1) is 6.59. The fraction of sp³-hybridized carbons (Fsp3) is 0.400. The van der Waals surface area contributed by atoms with Crippen molar-refractivity contribution in [2.24, 2.45) is 5.73 Å². The molecule has 1 rings (SSSR count). The molecule has 1 atom stereocenters. The lowest BCUT2D eigenvalue weighted by Gasteiger charge is -2.08. The van der Waals surface area contributed by atoms with Crippen LogP contribution in [-0.2, 0) is 6.54 Å². The van der Waals surface area contributed by atoms with Gasteiger partial charge in [-0.05, 0) is 13.0 Å². The second kappa shape index (κ2) is 5.02. The number of halogens is 2. The quantitative estimate of drug-likeness (QED) is 0.771. The summed E-state index contributed by atoms with van der Waals surface area (Å²) in [6.45, 7) is 2.83. The number of benzene rings is 1. The zero-order valence-electron chi connectivity index (χ0n) is 8.06. The molecule has 0 aliphatic heterocycles. The van der Waals surface area contributed by atoms with E-state index in [1.54, 1.807) is 0 Å². The fourth-order valence-corrected chi connectivity index (χ4v) is 1.10. The molecular weight excluding hydrogens is 186 g/mol. The maximum Gasteiger partial charge on any atom is 0.130 e. The molecule has 0 aliphatic rings. The van der Waals surface area contributed by atoms with Crippen LogP contribution < -0.4 is 11.1 Å². The van der Waals surface area contributed by atoms with Gasteiger partial charge < -0.3 is 11.1 Å². The van der Waals surface area contributed by atoms with Crippen molar-refractivity contribution in [3.63, 3.8) is 0 Å². The highest BCUT2D eigenvalue weighted by atomic mass is 19.1. The van der Waals surface area contributed by atoms with Gasteiger partial charge in [-0.25, -0.2) is 8.78 Å². The summed E-state index contributed by atoms with van der Waals surface area (Å²) >= 11 is 0. The summed E-state index contributed by atoms with van der Waals surface area (Å²) in [6.07, 6.45) is 0. The van der Waals surface area contributed by atoms with Gasteiger partial charge >= 0.3 is 0 Å². The summed E-state index contributed by atoms with van der Waals surface area (Å²) in [5.74, 6) is -1.08. The Bertz CT molecular complexity index is 300. The van der Waals surface area contributed by atoms with Gasteiger partial charge in [-0.2, -0.15) is 0 Å². The van der Waals surface area contributed by atoms with Crippen molar-refractivity contribution < 1.29 is 8.78 Å². The second-order valence-corrected chi connectivity index (χ2v) is 3.34. The molecule has 78 valence electrons. The first-order valence-corrected chi connectivity index (χ1v) is 4.50. The lowest BCUT2D eigenvalue weighted by atomic mass is 10.2. The molecule has 0 radical (unpaired) electrons. The molecule has 4 heteroatoms. The van der Waals surface area contributed by atoms with Crippen LogP contribution >= 0.6 is 0 Å². The minimum atomic E-state index is -0.557. The van der Waals surface area contributed by atoms with Crippen molar-refractivity contribution in [1.29, 1.82) is 0 Å². The van der Waals surface area contributed by atoms with E-state index in [-0.39, 0.29) is 6.04 Å². The molecule has 0 aromatic heterocycles. The van der Waals surface area contributed by atoms with Crippen LogP contribution in [0.2, 0.25) is 0 Å². The van der Waals surface area contributed by atoms with E-state index in [4.69, 9.17) is 5.73 Å². The summed E-state index contributed by atoms with van der Waals surface area (Å²) in [4.78, 5) is 0. The van der Waals surface area contributed by atoms with Crippen LogP contribution in [0.25, 0.3) is 0 Å². The molecule has 0 saturated heterocycles. The highest BCUT2D eigenvalue weighted by Gasteiger charge is 2.03. The van der Waals surface area contributed by atoms with Gasteiger partial charge in [0.05, 0.1) is 0 Å². The van der Waals surface area contributed by atoms with E-state index < -0.39 is 11.6 Å². The van der Waals surface area contributed by atoms with Gasteiger partial charge in [-0.15, -0.1) is 0 Å². The van der Waals surface area contributed by atoms with E-state index in [1.807, 2.05) is 6.92 Å². The minimum Gasteiger partial charge on any atom is -0.327 e. The topological polar surface area (TPSA) is 38.0 Å². The molecule has 0 heterocycles. The Morgan fingerprint density at radius 2 is 2.14 bits per heavy atom. The third kappa shape index (κ3) is 3.40. The van der Waals surface area contributed by atoms with Gasteiger partial charge in [0.2, 0.25) is 0 Å². The maximum absolute atomic E-state index is 13.1. The van der Waals surface area contributed by atoms with Crippen LogP contribution in [0.1, 0.15) is 12.5 Å². The lowest BCUT2D eigenvalue weighted by molar-refractivity contribution is 0.550. The average molecular weight is 200 g/mol. The summed E-state index contributed by atoms with van der Waals surface area (Å²) in [7, 11) is 0. The van der Waals surface area contributed by atoms with E-state index in [0.717, 1.165) is 6.07 Å². The van der Waals surface area contributed by atoms with Crippen molar-refractivity contribution in [2.45, 2.75) is 19.5 Å². The van der Waals surface area contributed by atoms with Gasteiger partial charge in [0.1, 0.15) is 11.6 Å². The van der Waals surface area contributed by atoms with Crippen LogP contribution in [-0.4, -0.2) is 12.6 Å². The van der Waals surface area contributed by atoms with Gasteiger partial charge in [0, 0.05) is 30.8 Å². The number of rotatable bonds is 4. The van der Waals surface area contributed by atoms with Crippen molar-refractivity contribution in [2.75, 3.05) is 6.54 Å². The predicted molar refractivity (Wildman–Crippen MR) is 51.7 cm³/mol. The lowest BCUT2D eigenvalue weighted by Crippen LogP contribution is -2.30. The van der Waals surface area contributed by atoms with Crippen LogP contribution in [0.5, 0.6) is 0 Å². The molecule has 3 N–H and O–H groups in total. The molecule has 0 saturated carbocycles. The predicted octanol–water partition coefficient (Wildman–Crippen LogP) is 1.40. The van der Waals surface area contributed by atoms with Crippen molar-refractivity contribution >= 4 is 0 Å². The van der Waals surface area contributed by atoms with Crippen molar-refractivity contribution in [3.8, 4) is 0 Å². The zero-order chi connectivity index (χ0) is 10.6. The van der Waals surface area contributed by atoms with Gasteiger partial charge in [-0.3, -0.25) is 0 Å². The summed E-state index contributed by atoms with van der Waals surface area (Å²) in [5, 5.41) is 2.97. The Kier molecular flexibility index (Phi) is 3.98. The highest BCUT2D eigenvalue weighted by molar-refractivity contribution is 5.18. The Labute approximate surface area is 82.1 Å². The van der Waals surface area contributed by atoms with Crippen LogP contribution in [0.3, 0.4) is 0 Å². The molecule has 0 bridgehead atoms. The highest BCUT2D eigenvalue weighted by Crippen LogP contribution is 2.08. The maximum atomic E-state index is 13.1. The molecule has 0 spiro atoms. The first-order valence-electron chi connectivity index (χ1n) is 4.50. The first kappa shape index (κ1) is 11.1. The zero-order valence-corrected chi connectivity index (χ0v) is 8.06. The molecule has 1 aromatic rings. The smallest absolute Gasteiger partial charge is 0.130 e. The Balaban J connectivity index is 2.51. The minimum absolute atomic E-state index is 0.0264. The van der Waals surface area contributed by atoms with E-state index >= 15 is 0 Å². The van der Waals surface area contributed by atoms with E-state index in [9.17, 15) is 8.78 Å². The number of nitrogens with two attached hydrogens (primary N) is 1. The van der Waals surface area contributed by atoms with Gasteiger partial charge in [-0.1, -0.05) is 6.07 Å². The molecule has 1 aromatic carbocycles. The number of hydrogen-bond acceptors (Lipinski definition) is 2. The molecule has 1 unspecified atom stereocenters. The van der Waals surface area contributed by atoms with Crippen LogP contribution in [0.4, 0.5) is 8.78 Å². The Hall–Kier alpha value is -1.00. The average Bonchev–Trinajstić information content (AvgIpc) is 2.08. The number of nitrogens with one attached hydrogen (secondary N) is 1. The molecule has 2 nitrogen and oxygen atoms in total. The number of hydrogen-bond donors (Lipinski definition) is 2. The summed E-state index contributed by atoms with van der Waals surface area (Å²) in [5.41, 5.74) is 5.95. The van der Waals surface area contributed by atoms with Gasteiger partial charge in [0.25, 0.3) is 0 Å². The monoisotopic (exact) mass is 200 g/mol. The standard InChI is InChI=1S/C10H14F2N2/c1-7(13)5-14-6-8-2-3-9(11)4-10(8)12/h2-4,7,14H,5-6,13H2,1H3. The fourth-order valence-electron chi connectivity index (χ4n) is 1.10. The summed E-state index contributed by atoms with van der Waals surface area (Å²) < 4.78 is 25.6. The van der Waals surface area contributed by atoms with Crippen molar-refractivity contribution in [1.82, 2.24) is 5.32 Å². The molecule has 0 amide bonds. The molecule has 0 fully saturated rings. The Morgan fingerprint density at radius 1 is 1.43 bits per heavy atom. The third-order valence-electron chi connectivity index (χ3n) is 1.80. The SMILES string of the molecule is CC(N)CNCc1ccc(F)cc1F. The third-order valence-corrected chi connectivity index (χ3v) is 1.80. The van der Waals surface area contributed by atoms with E-state index in [1.165, 1.54) is 12.1 Å².